The third-order valence-corrected chi connectivity index (χ3v) is 4.67. The third kappa shape index (κ3) is 4.29. The number of rotatable bonds is 6. The SMILES string of the molecule is O=C(N[C@H](Cc1ccccc1)[C@@H](O)c1nccs1)c1ccccc1F. The molecule has 1 amide bonds. The molecule has 0 aliphatic rings. The highest BCUT2D eigenvalue weighted by Crippen LogP contribution is 2.22. The van der Waals surface area contributed by atoms with E-state index in [1.807, 2.05) is 30.3 Å². The van der Waals surface area contributed by atoms with Crippen LogP contribution in [0.1, 0.15) is 27.0 Å². The maximum Gasteiger partial charge on any atom is 0.254 e. The first-order valence-corrected chi connectivity index (χ1v) is 8.70. The lowest BCUT2D eigenvalue weighted by Crippen LogP contribution is -2.41. The molecule has 1 heterocycles. The van der Waals surface area contributed by atoms with Crippen molar-refractivity contribution in [2.45, 2.75) is 18.6 Å². The topological polar surface area (TPSA) is 62.2 Å². The lowest BCUT2D eigenvalue weighted by atomic mass is 10.0. The zero-order chi connectivity index (χ0) is 17.6. The Labute approximate surface area is 149 Å². The summed E-state index contributed by atoms with van der Waals surface area (Å²) >= 11 is 1.31. The maximum atomic E-state index is 13.9. The lowest BCUT2D eigenvalue weighted by Gasteiger charge is -2.23. The van der Waals surface area contributed by atoms with E-state index in [4.69, 9.17) is 0 Å². The molecule has 0 fully saturated rings. The van der Waals surface area contributed by atoms with Crippen LogP contribution in [0.3, 0.4) is 0 Å². The quantitative estimate of drug-likeness (QED) is 0.712. The van der Waals surface area contributed by atoms with Gasteiger partial charge >= 0.3 is 0 Å². The third-order valence-electron chi connectivity index (χ3n) is 3.82. The number of aliphatic hydroxyl groups is 1. The van der Waals surface area contributed by atoms with Crippen molar-refractivity contribution in [1.82, 2.24) is 10.3 Å². The summed E-state index contributed by atoms with van der Waals surface area (Å²) in [5.41, 5.74) is 0.906. The fourth-order valence-electron chi connectivity index (χ4n) is 2.55. The molecule has 0 radical (unpaired) electrons. The molecule has 0 saturated heterocycles. The van der Waals surface area contributed by atoms with Crippen LogP contribution >= 0.6 is 11.3 Å². The van der Waals surface area contributed by atoms with Crippen LogP contribution in [-0.4, -0.2) is 22.0 Å². The smallest absolute Gasteiger partial charge is 0.254 e. The van der Waals surface area contributed by atoms with E-state index in [-0.39, 0.29) is 5.56 Å². The number of hydrogen-bond donors (Lipinski definition) is 2. The molecule has 0 unspecified atom stereocenters. The molecule has 2 N–H and O–H groups in total. The molecule has 0 saturated carbocycles. The molecule has 2 atom stereocenters. The van der Waals surface area contributed by atoms with E-state index in [0.29, 0.717) is 11.4 Å². The average Bonchev–Trinajstić information content (AvgIpc) is 3.16. The molecule has 0 aliphatic carbocycles. The monoisotopic (exact) mass is 356 g/mol. The van der Waals surface area contributed by atoms with Crippen molar-refractivity contribution in [3.63, 3.8) is 0 Å². The van der Waals surface area contributed by atoms with Gasteiger partial charge in [0.15, 0.2) is 0 Å². The van der Waals surface area contributed by atoms with Crippen LogP contribution in [0.4, 0.5) is 4.39 Å². The number of aromatic nitrogens is 1. The zero-order valence-corrected chi connectivity index (χ0v) is 14.1. The molecule has 0 spiro atoms. The van der Waals surface area contributed by atoms with Crippen molar-refractivity contribution in [1.29, 1.82) is 0 Å². The fourth-order valence-corrected chi connectivity index (χ4v) is 3.24. The van der Waals surface area contributed by atoms with E-state index in [1.165, 1.54) is 29.5 Å². The molecule has 2 aromatic carbocycles. The molecule has 1 aromatic heterocycles. The second-order valence-electron chi connectivity index (χ2n) is 5.56. The Hall–Kier alpha value is -2.57. The molecule has 128 valence electrons. The normalized spacial score (nSPS) is 13.2. The van der Waals surface area contributed by atoms with Gasteiger partial charge in [0.2, 0.25) is 0 Å². The van der Waals surface area contributed by atoms with Crippen LogP contribution in [0.5, 0.6) is 0 Å². The average molecular weight is 356 g/mol. The highest BCUT2D eigenvalue weighted by atomic mass is 32.1. The Bertz CT molecular complexity index is 824. The van der Waals surface area contributed by atoms with E-state index in [1.54, 1.807) is 17.6 Å². The number of aliphatic hydroxyl groups excluding tert-OH is 1. The van der Waals surface area contributed by atoms with Gasteiger partial charge in [0.1, 0.15) is 16.9 Å². The number of carbonyl (C=O) groups excluding carboxylic acids is 1. The van der Waals surface area contributed by atoms with Crippen LogP contribution in [-0.2, 0) is 6.42 Å². The molecule has 25 heavy (non-hydrogen) atoms. The van der Waals surface area contributed by atoms with E-state index >= 15 is 0 Å². The van der Waals surface area contributed by atoms with Crippen molar-refractivity contribution < 1.29 is 14.3 Å². The summed E-state index contributed by atoms with van der Waals surface area (Å²) < 4.78 is 13.9. The van der Waals surface area contributed by atoms with Crippen molar-refractivity contribution >= 4 is 17.2 Å². The first-order valence-electron chi connectivity index (χ1n) is 7.82. The van der Waals surface area contributed by atoms with Gasteiger partial charge in [0.25, 0.3) is 5.91 Å². The van der Waals surface area contributed by atoms with Gasteiger partial charge in [-0.1, -0.05) is 42.5 Å². The minimum Gasteiger partial charge on any atom is -0.384 e. The lowest BCUT2D eigenvalue weighted by molar-refractivity contribution is 0.0828. The fraction of sp³-hybridized carbons (Fsp3) is 0.158. The van der Waals surface area contributed by atoms with Gasteiger partial charge in [-0.05, 0) is 24.1 Å². The molecule has 4 nitrogen and oxygen atoms in total. The Morgan fingerprint density at radius 3 is 2.56 bits per heavy atom. The molecule has 6 heteroatoms. The Balaban J connectivity index is 1.83. The standard InChI is InChI=1S/C19H17FN2O2S/c20-15-9-5-4-8-14(15)18(24)22-16(12-13-6-2-1-3-7-13)17(23)19-21-10-11-25-19/h1-11,16-17,23H,12H2,(H,22,24)/t16-,17-/m1/s1. The second-order valence-corrected chi connectivity index (χ2v) is 6.49. The number of hydrogen-bond acceptors (Lipinski definition) is 4. The van der Waals surface area contributed by atoms with Crippen LogP contribution in [0.2, 0.25) is 0 Å². The highest BCUT2D eigenvalue weighted by Gasteiger charge is 2.26. The number of amides is 1. The van der Waals surface area contributed by atoms with Crippen molar-refractivity contribution in [3.05, 3.63) is 88.1 Å². The summed E-state index contributed by atoms with van der Waals surface area (Å²) in [7, 11) is 0. The molecule has 3 rings (SSSR count). The Morgan fingerprint density at radius 1 is 1.16 bits per heavy atom. The number of halogens is 1. The van der Waals surface area contributed by atoms with Gasteiger partial charge in [-0.15, -0.1) is 11.3 Å². The number of benzene rings is 2. The summed E-state index contributed by atoms with van der Waals surface area (Å²) in [6, 6.07) is 14.7. The van der Waals surface area contributed by atoms with E-state index < -0.39 is 23.9 Å². The largest absolute Gasteiger partial charge is 0.384 e. The van der Waals surface area contributed by atoms with Crippen molar-refractivity contribution in [2.75, 3.05) is 0 Å². The Morgan fingerprint density at radius 2 is 1.88 bits per heavy atom. The van der Waals surface area contributed by atoms with Crippen LogP contribution in [0.15, 0.2) is 66.2 Å². The second kappa shape index (κ2) is 8.00. The summed E-state index contributed by atoms with van der Waals surface area (Å²) in [4.78, 5) is 16.6. The minimum atomic E-state index is -0.976. The predicted molar refractivity (Wildman–Crippen MR) is 94.9 cm³/mol. The molecule has 0 aliphatic heterocycles. The van der Waals surface area contributed by atoms with Gasteiger partial charge in [-0.25, -0.2) is 9.37 Å². The number of nitrogens with zero attached hydrogens (tertiary/aromatic N) is 1. The summed E-state index contributed by atoms with van der Waals surface area (Å²) in [5.74, 6) is -1.16. The van der Waals surface area contributed by atoms with E-state index in [2.05, 4.69) is 10.3 Å². The highest BCUT2D eigenvalue weighted by molar-refractivity contribution is 7.09. The van der Waals surface area contributed by atoms with E-state index in [0.717, 1.165) is 5.56 Å². The first kappa shape index (κ1) is 17.3. The van der Waals surface area contributed by atoms with Gasteiger partial charge in [-0.2, -0.15) is 0 Å². The molecular formula is C19H17FN2O2S. The Kier molecular flexibility index (Phi) is 5.53. The molecule has 3 aromatic rings. The van der Waals surface area contributed by atoms with E-state index in [9.17, 15) is 14.3 Å². The number of nitrogens with one attached hydrogen (secondary N) is 1. The first-order chi connectivity index (χ1) is 12.1. The number of carbonyl (C=O) groups is 1. The maximum absolute atomic E-state index is 13.9. The van der Waals surface area contributed by atoms with Gasteiger partial charge < -0.3 is 10.4 Å². The zero-order valence-electron chi connectivity index (χ0n) is 13.3. The van der Waals surface area contributed by atoms with Crippen LogP contribution in [0, 0.1) is 5.82 Å². The minimum absolute atomic E-state index is 0.0492. The summed E-state index contributed by atoms with van der Waals surface area (Å²) in [6.07, 6.45) is 1.03. The predicted octanol–water partition coefficient (Wildman–Crippen LogP) is 3.36. The molecule has 0 bridgehead atoms. The number of thiazole rings is 1. The summed E-state index contributed by atoms with van der Waals surface area (Å²) in [6.45, 7) is 0. The van der Waals surface area contributed by atoms with Gasteiger partial charge in [-0.3, -0.25) is 4.79 Å². The van der Waals surface area contributed by atoms with Crippen molar-refractivity contribution in [2.24, 2.45) is 0 Å². The summed E-state index contributed by atoms with van der Waals surface area (Å²) in [5, 5.41) is 15.7. The van der Waals surface area contributed by atoms with Gasteiger partial charge in [0.05, 0.1) is 11.6 Å². The van der Waals surface area contributed by atoms with Crippen LogP contribution in [0.25, 0.3) is 0 Å². The molecular weight excluding hydrogens is 339 g/mol. The van der Waals surface area contributed by atoms with Crippen molar-refractivity contribution in [3.8, 4) is 0 Å². The van der Waals surface area contributed by atoms with Gasteiger partial charge in [0, 0.05) is 11.6 Å². The van der Waals surface area contributed by atoms with Crippen LogP contribution < -0.4 is 5.32 Å².